The second-order valence-electron chi connectivity index (χ2n) is 6.38. The summed E-state index contributed by atoms with van der Waals surface area (Å²) in [6, 6.07) is 5.42. The molecule has 1 amide bonds. The van der Waals surface area contributed by atoms with Gasteiger partial charge in [0.1, 0.15) is 0 Å². The monoisotopic (exact) mass is 339 g/mol. The van der Waals surface area contributed by atoms with Crippen LogP contribution in [-0.4, -0.2) is 85.2 Å². The Morgan fingerprint density at radius 2 is 2.00 bits per heavy atom. The van der Waals surface area contributed by atoms with Gasteiger partial charge in [-0.2, -0.15) is 0 Å². The van der Waals surface area contributed by atoms with E-state index >= 15 is 0 Å². The Bertz CT molecular complexity index is 545. The number of piperazine rings is 1. The van der Waals surface area contributed by atoms with E-state index in [9.17, 15) is 9.90 Å². The van der Waals surface area contributed by atoms with Crippen molar-refractivity contribution in [3.05, 3.63) is 34.3 Å². The average Bonchev–Trinajstić information content (AvgIpc) is 2.51. The molecule has 6 heteroatoms. The summed E-state index contributed by atoms with van der Waals surface area (Å²) < 4.78 is 0. The number of aliphatic hydroxyl groups is 1. The van der Waals surface area contributed by atoms with Gasteiger partial charge in [0.2, 0.25) is 0 Å². The lowest BCUT2D eigenvalue weighted by Gasteiger charge is -2.34. The minimum absolute atomic E-state index is 0.156. The number of likely N-dealkylation sites (N-methyl/N-ethyl adjacent to an activating group) is 2. The Kier molecular flexibility index (Phi) is 6.41. The molecule has 1 aliphatic rings. The second-order valence-corrected chi connectivity index (χ2v) is 6.76. The number of amides is 1. The molecule has 5 nitrogen and oxygen atoms in total. The van der Waals surface area contributed by atoms with E-state index < -0.39 is 6.10 Å². The summed E-state index contributed by atoms with van der Waals surface area (Å²) in [4.78, 5) is 18.6. The van der Waals surface area contributed by atoms with Crippen LogP contribution in [0, 0.1) is 6.92 Å². The van der Waals surface area contributed by atoms with Crippen LogP contribution in [0.1, 0.15) is 15.9 Å². The maximum atomic E-state index is 12.5. The molecule has 0 bridgehead atoms. The van der Waals surface area contributed by atoms with Gasteiger partial charge in [-0.15, -0.1) is 0 Å². The van der Waals surface area contributed by atoms with E-state index in [1.54, 1.807) is 18.0 Å². The first kappa shape index (κ1) is 18.2. The Balaban J connectivity index is 1.89. The minimum atomic E-state index is -0.559. The Morgan fingerprint density at radius 1 is 1.35 bits per heavy atom. The smallest absolute Gasteiger partial charge is 0.255 e. The molecule has 1 N–H and O–H groups in total. The zero-order chi connectivity index (χ0) is 17.0. The molecule has 1 atom stereocenters. The number of aliphatic hydroxyl groups excluding tert-OH is 1. The largest absolute Gasteiger partial charge is 0.390 e. The van der Waals surface area contributed by atoms with Crippen molar-refractivity contribution >= 4 is 17.5 Å². The molecule has 1 unspecified atom stereocenters. The molecule has 2 rings (SSSR count). The summed E-state index contributed by atoms with van der Waals surface area (Å²) in [5.74, 6) is -0.156. The molecule has 1 aromatic carbocycles. The SMILES string of the molecule is Cc1cccc(C(=O)N(C)CC(O)CN2CCN(C)CC2)c1Cl. The summed E-state index contributed by atoms with van der Waals surface area (Å²) in [6.07, 6.45) is -0.559. The van der Waals surface area contributed by atoms with Crippen LogP contribution in [-0.2, 0) is 0 Å². The molecule has 1 aliphatic heterocycles. The van der Waals surface area contributed by atoms with Gasteiger partial charge in [-0.1, -0.05) is 23.7 Å². The van der Waals surface area contributed by atoms with Crippen LogP contribution in [0.5, 0.6) is 0 Å². The number of carbonyl (C=O) groups excluding carboxylic acids is 1. The van der Waals surface area contributed by atoms with Gasteiger partial charge in [0.05, 0.1) is 16.7 Å². The lowest BCUT2D eigenvalue weighted by Crippen LogP contribution is -2.49. The standard InChI is InChI=1S/C17H26ClN3O2/c1-13-5-4-6-15(16(13)18)17(23)20(3)11-14(22)12-21-9-7-19(2)8-10-21/h4-6,14,22H,7-12H2,1-3H3. The summed E-state index contributed by atoms with van der Waals surface area (Å²) in [6.45, 7) is 6.70. The van der Waals surface area contributed by atoms with Crippen LogP contribution in [0.4, 0.5) is 0 Å². The molecule has 0 radical (unpaired) electrons. The molecular formula is C17H26ClN3O2. The Labute approximate surface area is 143 Å². The van der Waals surface area contributed by atoms with E-state index in [1.165, 1.54) is 0 Å². The third-order valence-corrected chi connectivity index (χ3v) is 4.82. The highest BCUT2D eigenvalue weighted by molar-refractivity contribution is 6.34. The molecule has 0 aliphatic carbocycles. The lowest BCUT2D eigenvalue weighted by molar-refractivity contribution is 0.0502. The predicted octanol–water partition coefficient (Wildman–Crippen LogP) is 1.33. The Hall–Kier alpha value is -1.14. The topological polar surface area (TPSA) is 47.0 Å². The first-order chi connectivity index (χ1) is 10.9. The van der Waals surface area contributed by atoms with Crippen molar-refractivity contribution in [1.82, 2.24) is 14.7 Å². The quantitative estimate of drug-likeness (QED) is 0.879. The zero-order valence-corrected chi connectivity index (χ0v) is 14.9. The van der Waals surface area contributed by atoms with Crippen molar-refractivity contribution < 1.29 is 9.90 Å². The third kappa shape index (κ3) is 4.91. The van der Waals surface area contributed by atoms with Crippen LogP contribution in [0.2, 0.25) is 5.02 Å². The van der Waals surface area contributed by atoms with Crippen molar-refractivity contribution in [2.24, 2.45) is 0 Å². The lowest BCUT2D eigenvalue weighted by atomic mass is 10.1. The minimum Gasteiger partial charge on any atom is -0.390 e. The molecule has 0 spiro atoms. The first-order valence-electron chi connectivity index (χ1n) is 7.98. The molecule has 1 heterocycles. The van der Waals surface area contributed by atoms with E-state index in [1.807, 2.05) is 19.1 Å². The van der Waals surface area contributed by atoms with E-state index in [-0.39, 0.29) is 5.91 Å². The number of hydrogen-bond donors (Lipinski definition) is 1. The molecule has 0 saturated carbocycles. The highest BCUT2D eigenvalue weighted by Gasteiger charge is 2.21. The number of aryl methyl sites for hydroxylation is 1. The first-order valence-corrected chi connectivity index (χ1v) is 8.36. The predicted molar refractivity (Wildman–Crippen MR) is 93.1 cm³/mol. The molecule has 23 heavy (non-hydrogen) atoms. The Morgan fingerprint density at radius 3 is 2.65 bits per heavy atom. The van der Waals surface area contributed by atoms with Crippen LogP contribution in [0.25, 0.3) is 0 Å². The van der Waals surface area contributed by atoms with Crippen molar-refractivity contribution in [1.29, 1.82) is 0 Å². The molecule has 1 fully saturated rings. The van der Waals surface area contributed by atoms with Crippen LogP contribution >= 0.6 is 11.6 Å². The molecule has 1 aromatic rings. The van der Waals surface area contributed by atoms with Gasteiger partial charge in [-0.3, -0.25) is 9.69 Å². The highest BCUT2D eigenvalue weighted by Crippen LogP contribution is 2.21. The van der Waals surface area contributed by atoms with E-state index in [0.717, 1.165) is 31.7 Å². The van der Waals surface area contributed by atoms with Gasteiger partial charge in [-0.05, 0) is 25.6 Å². The average molecular weight is 340 g/mol. The fraction of sp³-hybridized carbons (Fsp3) is 0.588. The van der Waals surface area contributed by atoms with Crippen molar-refractivity contribution in [3.63, 3.8) is 0 Å². The maximum absolute atomic E-state index is 12.5. The van der Waals surface area contributed by atoms with Gasteiger partial charge in [-0.25, -0.2) is 0 Å². The van der Waals surface area contributed by atoms with Crippen molar-refractivity contribution in [2.75, 3.05) is 53.4 Å². The van der Waals surface area contributed by atoms with E-state index in [0.29, 0.717) is 23.7 Å². The number of benzene rings is 1. The van der Waals surface area contributed by atoms with Gasteiger partial charge in [0.25, 0.3) is 5.91 Å². The maximum Gasteiger partial charge on any atom is 0.255 e. The van der Waals surface area contributed by atoms with E-state index in [2.05, 4.69) is 16.8 Å². The molecule has 0 aromatic heterocycles. The van der Waals surface area contributed by atoms with Crippen LogP contribution in [0.15, 0.2) is 18.2 Å². The summed E-state index contributed by atoms with van der Waals surface area (Å²) in [5, 5.41) is 10.8. The summed E-state index contributed by atoms with van der Waals surface area (Å²) in [7, 11) is 3.81. The number of nitrogens with zero attached hydrogens (tertiary/aromatic N) is 3. The molecule has 128 valence electrons. The number of β-amino-alcohol motifs (C(OH)–C–C–N with tert-alkyl or cyclic N) is 1. The van der Waals surface area contributed by atoms with Gasteiger partial charge >= 0.3 is 0 Å². The summed E-state index contributed by atoms with van der Waals surface area (Å²) >= 11 is 6.22. The fourth-order valence-electron chi connectivity index (χ4n) is 2.80. The van der Waals surface area contributed by atoms with Gasteiger partial charge < -0.3 is 14.9 Å². The number of rotatable bonds is 5. The van der Waals surface area contributed by atoms with Gasteiger partial charge in [0.15, 0.2) is 0 Å². The number of halogens is 1. The van der Waals surface area contributed by atoms with Gasteiger partial charge in [0, 0.05) is 46.3 Å². The second kappa shape index (κ2) is 8.11. The van der Waals surface area contributed by atoms with Crippen LogP contribution in [0.3, 0.4) is 0 Å². The van der Waals surface area contributed by atoms with Crippen molar-refractivity contribution in [2.45, 2.75) is 13.0 Å². The van der Waals surface area contributed by atoms with E-state index in [4.69, 9.17) is 11.6 Å². The normalized spacial score (nSPS) is 18.0. The summed E-state index contributed by atoms with van der Waals surface area (Å²) in [5.41, 5.74) is 1.37. The van der Waals surface area contributed by atoms with Crippen molar-refractivity contribution in [3.8, 4) is 0 Å². The molecular weight excluding hydrogens is 314 g/mol. The van der Waals surface area contributed by atoms with Crippen LogP contribution < -0.4 is 0 Å². The highest BCUT2D eigenvalue weighted by atomic mass is 35.5. The number of carbonyl (C=O) groups is 1. The number of hydrogen-bond acceptors (Lipinski definition) is 4. The molecule has 1 saturated heterocycles. The zero-order valence-electron chi connectivity index (χ0n) is 14.1. The third-order valence-electron chi connectivity index (χ3n) is 4.32. The fourth-order valence-corrected chi connectivity index (χ4v) is 3.01.